The summed E-state index contributed by atoms with van der Waals surface area (Å²) < 4.78 is 0. The van der Waals surface area contributed by atoms with E-state index in [-0.39, 0.29) is 0 Å². The number of benzene rings is 1. The van der Waals surface area contributed by atoms with Crippen LogP contribution in [0.15, 0.2) is 43.0 Å². The fraction of sp³-hybridized carbons (Fsp3) is 0. The Balaban J connectivity index is 2.24. The van der Waals surface area contributed by atoms with Gasteiger partial charge in [-0.15, -0.1) is 0 Å². The van der Waals surface area contributed by atoms with Crippen molar-refractivity contribution in [2.45, 2.75) is 0 Å². The minimum atomic E-state index is 0.421. The predicted octanol–water partition coefficient (Wildman–Crippen LogP) is 0.720. The van der Waals surface area contributed by atoms with Crippen LogP contribution < -0.4 is 0 Å². The van der Waals surface area contributed by atoms with Crippen molar-refractivity contribution in [1.82, 2.24) is 30.0 Å². The molecule has 0 bridgehead atoms. The van der Waals surface area contributed by atoms with Crippen molar-refractivity contribution in [3.63, 3.8) is 0 Å². The second-order valence-electron chi connectivity index (χ2n) is 3.42. The van der Waals surface area contributed by atoms with Gasteiger partial charge in [-0.3, -0.25) is 0 Å². The van der Waals surface area contributed by atoms with Crippen LogP contribution in [0.1, 0.15) is 5.56 Å². The number of nitriles is 1. The summed E-state index contributed by atoms with van der Waals surface area (Å²) in [5.41, 5.74) is 1.61. The van der Waals surface area contributed by atoms with Crippen molar-refractivity contribution in [3.05, 3.63) is 48.5 Å². The van der Waals surface area contributed by atoms with Crippen molar-refractivity contribution in [1.29, 1.82) is 5.26 Å². The lowest BCUT2D eigenvalue weighted by atomic mass is 10.1. The lowest BCUT2D eigenvalue weighted by Crippen LogP contribution is -2.07. The SMILES string of the molecule is N#Cc1c(-n2nccn2)cccc1-n1nccn1. The lowest BCUT2D eigenvalue weighted by molar-refractivity contribution is 0.729. The zero-order valence-electron chi connectivity index (χ0n) is 9.17. The summed E-state index contributed by atoms with van der Waals surface area (Å²) in [6, 6.07) is 7.48. The second kappa shape index (κ2) is 4.10. The van der Waals surface area contributed by atoms with Crippen molar-refractivity contribution in [3.8, 4) is 17.4 Å². The highest BCUT2D eigenvalue weighted by atomic mass is 15.5. The van der Waals surface area contributed by atoms with Gasteiger partial charge in [-0.25, -0.2) is 0 Å². The fourth-order valence-electron chi connectivity index (χ4n) is 1.66. The van der Waals surface area contributed by atoms with E-state index in [1.54, 1.807) is 43.0 Å². The van der Waals surface area contributed by atoms with E-state index in [1.807, 2.05) is 0 Å². The van der Waals surface area contributed by atoms with Gasteiger partial charge < -0.3 is 0 Å². The quantitative estimate of drug-likeness (QED) is 0.655. The maximum atomic E-state index is 9.31. The van der Waals surface area contributed by atoms with E-state index < -0.39 is 0 Å². The summed E-state index contributed by atoms with van der Waals surface area (Å²) in [7, 11) is 0. The number of hydrogen-bond donors (Lipinski definition) is 0. The molecule has 0 aliphatic carbocycles. The van der Waals surface area contributed by atoms with Crippen molar-refractivity contribution in [2.24, 2.45) is 0 Å². The largest absolute Gasteiger partial charge is 0.192 e. The van der Waals surface area contributed by atoms with Gasteiger partial charge in [0.2, 0.25) is 0 Å². The normalized spacial score (nSPS) is 10.2. The van der Waals surface area contributed by atoms with Gasteiger partial charge >= 0.3 is 0 Å². The molecular weight excluding hydrogens is 230 g/mol. The van der Waals surface area contributed by atoms with Gasteiger partial charge in [0.15, 0.2) is 0 Å². The molecule has 0 atom stereocenters. The molecule has 7 nitrogen and oxygen atoms in total. The summed E-state index contributed by atoms with van der Waals surface area (Å²) in [6.45, 7) is 0. The van der Waals surface area contributed by atoms with E-state index >= 15 is 0 Å². The van der Waals surface area contributed by atoms with Crippen LogP contribution in [-0.4, -0.2) is 30.0 Å². The molecule has 0 saturated carbocycles. The Bertz CT molecular complexity index is 639. The zero-order valence-corrected chi connectivity index (χ0v) is 9.17. The number of rotatable bonds is 2. The highest BCUT2D eigenvalue weighted by Gasteiger charge is 2.12. The van der Waals surface area contributed by atoms with Crippen LogP contribution in [0.2, 0.25) is 0 Å². The molecule has 3 aromatic rings. The van der Waals surface area contributed by atoms with E-state index in [0.717, 1.165) is 0 Å². The van der Waals surface area contributed by atoms with Crippen LogP contribution in [0.3, 0.4) is 0 Å². The fourth-order valence-corrected chi connectivity index (χ4v) is 1.66. The zero-order chi connectivity index (χ0) is 12.4. The predicted molar refractivity (Wildman–Crippen MR) is 61.0 cm³/mol. The van der Waals surface area contributed by atoms with E-state index in [2.05, 4.69) is 26.5 Å². The monoisotopic (exact) mass is 237 g/mol. The van der Waals surface area contributed by atoms with E-state index in [0.29, 0.717) is 16.9 Å². The molecule has 0 N–H and O–H groups in total. The summed E-state index contributed by atoms with van der Waals surface area (Å²) in [5, 5.41) is 25.4. The summed E-state index contributed by atoms with van der Waals surface area (Å²) in [4.78, 5) is 2.79. The average molecular weight is 237 g/mol. The average Bonchev–Trinajstić information content (AvgIpc) is 3.10. The van der Waals surface area contributed by atoms with Crippen molar-refractivity contribution >= 4 is 0 Å². The first-order valence-corrected chi connectivity index (χ1v) is 5.16. The third-order valence-electron chi connectivity index (χ3n) is 2.40. The highest BCUT2D eigenvalue weighted by molar-refractivity contribution is 5.58. The molecule has 0 saturated heterocycles. The molecule has 1 aromatic carbocycles. The summed E-state index contributed by atoms with van der Waals surface area (Å²) in [6.07, 6.45) is 6.22. The standard InChI is InChI=1S/C11H7N7/c12-8-9-10(17-13-4-5-14-17)2-1-3-11(9)18-15-6-7-16-18/h1-7H. The van der Waals surface area contributed by atoms with E-state index in [1.165, 1.54) is 9.59 Å². The molecular formula is C11H7N7. The maximum Gasteiger partial charge on any atom is 0.107 e. The Hall–Kier alpha value is -3.01. The Morgan fingerprint density at radius 3 is 1.67 bits per heavy atom. The highest BCUT2D eigenvalue weighted by Crippen LogP contribution is 2.19. The topological polar surface area (TPSA) is 85.2 Å². The van der Waals surface area contributed by atoms with Gasteiger partial charge in [-0.05, 0) is 12.1 Å². The smallest absolute Gasteiger partial charge is 0.107 e. The molecule has 0 unspecified atom stereocenters. The van der Waals surface area contributed by atoms with E-state index in [4.69, 9.17) is 0 Å². The van der Waals surface area contributed by atoms with Gasteiger partial charge in [-0.2, -0.15) is 35.2 Å². The Morgan fingerprint density at radius 2 is 1.28 bits per heavy atom. The molecule has 0 amide bonds. The molecule has 7 heteroatoms. The number of nitrogens with zero attached hydrogens (tertiary/aromatic N) is 7. The first-order valence-electron chi connectivity index (χ1n) is 5.16. The second-order valence-corrected chi connectivity index (χ2v) is 3.42. The molecule has 0 aliphatic heterocycles. The van der Waals surface area contributed by atoms with Gasteiger partial charge in [0.25, 0.3) is 0 Å². The first kappa shape index (κ1) is 10.2. The minimum Gasteiger partial charge on any atom is -0.192 e. The lowest BCUT2D eigenvalue weighted by Gasteiger charge is -2.07. The van der Waals surface area contributed by atoms with Crippen LogP contribution in [0.5, 0.6) is 0 Å². The Kier molecular flexibility index (Phi) is 2.32. The van der Waals surface area contributed by atoms with Gasteiger partial charge in [-0.1, -0.05) is 6.07 Å². The number of hydrogen-bond acceptors (Lipinski definition) is 5. The molecule has 18 heavy (non-hydrogen) atoms. The van der Waals surface area contributed by atoms with E-state index in [9.17, 15) is 5.26 Å². The molecule has 0 spiro atoms. The van der Waals surface area contributed by atoms with Gasteiger partial charge in [0, 0.05) is 0 Å². The minimum absolute atomic E-state index is 0.421. The first-order chi connectivity index (χ1) is 8.90. The van der Waals surface area contributed by atoms with Crippen LogP contribution in [0.25, 0.3) is 11.4 Å². The van der Waals surface area contributed by atoms with Crippen molar-refractivity contribution in [2.75, 3.05) is 0 Å². The molecule has 2 heterocycles. The number of aromatic nitrogens is 6. The van der Waals surface area contributed by atoms with Crippen LogP contribution in [-0.2, 0) is 0 Å². The van der Waals surface area contributed by atoms with Crippen LogP contribution >= 0.6 is 0 Å². The Labute approximate surface area is 102 Å². The van der Waals surface area contributed by atoms with Crippen LogP contribution in [0, 0.1) is 11.3 Å². The molecule has 0 fully saturated rings. The molecule has 0 aliphatic rings. The van der Waals surface area contributed by atoms with Crippen LogP contribution in [0.4, 0.5) is 0 Å². The molecule has 2 aromatic heterocycles. The third-order valence-corrected chi connectivity index (χ3v) is 2.40. The Morgan fingerprint density at radius 1 is 0.833 bits per heavy atom. The molecule has 0 radical (unpaired) electrons. The van der Waals surface area contributed by atoms with Gasteiger partial charge in [0.1, 0.15) is 23.0 Å². The molecule has 86 valence electrons. The summed E-state index contributed by atoms with van der Waals surface area (Å²) >= 11 is 0. The van der Waals surface area contributed by atoms with Gasteiger partial charge in [0.05, 0.1) is 24.8 Å². The summed E-state index contributed by atoms with van der Waals surface area (Å²) in [5.74, 6) is 0. The maximum absolute atomic E-state index is 9.31. The molecule has 3 rings (SSSR count). The third kappa shape index (κ3) is 1.53. The van der Waals surface area contributed by atoms with Crippen molar-refractivity contribution < 1.29 is 0 Å².